The lowest BCUT2D eigenvalue weighted by Crippen LogP contribution is -2.18. The van der Waals surface area contributed by atoms with Crippen LogP contribution in [0.15, 0.2) is 24.5 Å². The second kappa shape index (κ2) is 6.61. The van der Waals surface area contributed by atoms with Gasteiger partial charge in [0.15, 0.2) is 0 Å². The Balaban J connectivity index is 1.79. The van der Waals surface area contributed by atoms with Crippen molar-refractivity contribution in [2.45, 2.75) is 52.6 Å². The minimum absolute atomic E-state index is 0.690. The normalized spacial score (nSPS) is 16.3. The SMILES string of the molecule is CC(C)CNCc1cn(CC2CCCC2)c2ncccc12. The predicted octanol–water partition coefficient (Wildman–Crippen LogP) is 3.97. The highest BCUT2D eigenvalue weighted by atomic mass is 15.0. The maximum atomic E-state index is 4.62. The lowest BCUT2D eigenvalue weighted by Gasteiger charge is -2.10. The Hall–Kier alpha value is -1.35. The van der Waals surface area contributed by atoms with Gasteiger partial charge in [0.1, 0.15) is 5.65 Å². The molecule has 1 fully saturated rings. The molecule has 2 aromatic heterocycles. The maximum Gasteiger partial charge on any atom is 0.140 e. The number of nitrogens with zero attached hydrogens (tertiary/aromatic N) is 2. The van der Waals surface area contributed by atoms with Crippen molar-refractivity contribution in [3.63, 3.8) is 0 Å². The van der Waals surface area contributed by atoms with Crippen molar-refractivity contribution in [1.82, 2.24) is 14.9 Å². The molecule has 0 atom stereocenters. The number of aromatic nitrogens is 2. The smallest absolute Gasteiger partial charge is 0.140 e. The van der Waals surface area contributed by atoms with Crippen LogP contribution in [-0.2, 0) is 13.1 Å². The van der Waals surface area contributed by atoms with Gasteiger partial charge >= 0.3 is 0 Å². The van der Waals surface area contributed by atoms with Crippen LogP contribution in [0.25, 0.3) is 11.0 Å². The van der Waals surface area contributed by atoms with E-state index in [1.165, 1.54) is 36.6 Å². The van der Waals surface area contributed by atoms with Crippen molar-refractivity contribution in [3.8, 4) is 0 Å². The van der Waals surface area contributed by atoms with E-state index in [9.17, 15) is 0 Å². The zero-order valence-corrected chi connectivity index (χ0v) is 13.3. The molecule has 0 spiro atoms. The zero-order chi connectivity index (χ0) is 14.7. The molecular formula is C18H27N3. The molecule has 114 valence electrons. The highest BCUT2D eigenvalue weighted by Gasteiger charge is 2.17. The highest BCUT2D eigenvalue weighted by Crippen LogP contribution is 2.28. The number of fused-ring (bicyclic) bond motifs is 1. The molecule has 3 rings (SSSR count). The van der Waals surface area contributed by atoms with Crippen LogP contribution >= 0.6 is 0 Å². The molecule has 1 aliphatic carbocycles. The second-order valence-electron chi connectivity index (χ2n) is 6.86. The van der Waals surface area contributed by atoms with Crippen molar-refractivity contribution in [2.75, 3.05) is 6.54 Å². The molecule has 1 aliphatic rings. The molecule has 1 saturated carbocycles. The molecule has 2 heterocycles. The summed E-state index contributed by atoms with van der Waals surface area (Å²) in [6.07, 6.45) is 9.81. The molecule has 0 aromatic carbocycles. The highest BCUT2D eigenvalue weighted by molar-refractivity contribution is 5.80. The summed E-state index contributed by atoms with van der Waals surface area (Å²) in [7, 11) is 0. The Bertz CT molecular complexity index is 579. The summed E-state index contributed by atoms with van der Waals surface area (Å²) >= 11 is 0. The van der Waals surface area contributed by atoms with Crippen LogP contribution in [0.5, 0.6) is 0 Å². The summed E-state index contributed by atoms with van der Waals surface area (Å²) in [4.78, 5) is 4.62. The number of hydrogen-bond acceptors (Lipinski definition) is 2. The first-order valence-corrected chi connectivity index (χ1v) is 8.37. The summed E-state index contributed by atoms with van der Waals surface area (Å²) in [6, 6.07) is 4.26. The molecule has 0 aliphatic heterocycles. The molecule has 2 aromatic rings. The van der Waals surface area contributed by atoms with Gasteiger partial charge in [0.2, 0.25) is 0 Å². The fourth-order valence-electron chi connectivity index (χ4n) is 3.44. The van der Waals surface area contributed by atoms with Crippen LogP contribution in [0.3, 0.4) is 0 Å². The van der Waals surface area contributed by atoms with E-state index in [1.807, 2.05) is 12.3 Å². The van der Waals surface area contributed by atoms with Crippen LogP contribution in [0, 0.1) is 11.8 Å². The first-order chi connectivity index (χ1) is 10.2. The third kappa shape index (κ3) is 3.46. The van der Waals surface area contributed by atoms with Crippen LogP contribution in [0.4, 0.5) is 0 Å². The van der Waals surface area contributed by atoms with E-state index in [1.54, 1.807) is 0 Å². The van der Waals surface area contributed by atoms with Gasteiger partial charge in [0, 0.05) is 30.9 Å². The minimum atomic E-state index is 0.690. The molecule has 0 amide bonds. The van der Waals surface area contributed by atoms with Gasteiger partial charge in [0.05, 0.1) is 0 Å². The van der Waals surface area contributed by atoms with Gasteiger partial charge in [-0.3, -0.25) is 0 Å². The van der Waals surface area contributed by atoms with Crippen molar-refractivity contribution in [1.29, 1.82) is 0 Å². The van der Waals surface area contributed by atoms with E-state index in [2.05, 4.69) is 41.0 Å². The fraction of sp³-hybridized carbons (Fsp3) is 0.611. The summed E-state index contributed by atoms with van der Waals surface area (Å²) in [5.41, 5.74) is 2.54. The fourth-order valence-corrected chi connectivity index (χ4v) is 3.44. The molecule has 0 saturated heterocycles. The number of rotatable bonds is 6. The largest absolute Gasteiger partial charge is 0.332 e. The predicted molar refractivity (Wildman–Crippen MR) is 88.2 cm³/mol. The summed E-state index contributed by atoms with van der Waals surface area (Å²) in [5.74, 6) is 1.54. The van der Waals surface area contributed by atoms with E-state index in [-0.39, 0.29) is 0 Å². The molecule has 3 nitrogen and oxygen atoms in total. The van der Waals surface area contributed by atoms with Gasteiger partial charge < -0.3 is 9.88 Å². The van der Waals surface area contributed by atoms with E-state index >= 15 is 0 Å². The first-order valence-electron chi connectivity index (χ1n) is 8.37. The van der Waals surface area contributed by atoms with E-state index in [4.69, 9.17) is 0 Å². The number of hydrogen-bond donors (Lipinski definition) is 1. The number of nitrogens with one attached hydrogen (secondary N) is 1. The lowest BCUT2D eigenvalue weighted by molar-refractivity contribution is 0.463. The second-order valence-corrected chi connectivity index (χ2v) is 6.86. The summed E-state index contributed by atoms with van der Waals surface area (Å²) in [5, 5.41) is 4.87. The Morgan fingerprint density at radius 2 is 2.14 bits per heavy atom. The Labute approximate surface area is 127 Å². The molecular weight excluding hydrogens is 258 g/mol. The standard InChI is InChI=1S/C18H27N3/c1-14(2)10-19-11-16-13-21(12-15-6-3-4-7-15)18-17(16)8-5-9-20-18/h5,8-9,13-15,19H,3-4,6-7,10-12H2,1-2H3. The van der Waals surface area contributed by atoms with Crippen molar-refractivity contribution >= 4 is 11.0 Å². The van der Waals surface area contributed by atoms with Crippen LogP contribution < -0.4 is 5.32 Å². The quantitative estimate of drug-likeness (QED) is 0.870. The van der Waals surface area contributed by atoms with E-state index in [0.717, 1.165) is 31.2 Å². The maximum absolute atomic E-state index is 4.62. The minimum Gasteiger partial charge on any atom is -0.332 e. The first kappa shape index (κ1) is 14.6. The topological polar surface area (TPSA) is 29.9 Å². The monoisotopic (exact) mass is 285 g/mol. The summed E-state index contributed by atoms with van der Waals surface area (Å²) in [6.45, 7) is 7.64. The van der Waals surface area contributed by atoms with Gasteiger partial charge in [0.25, 0.3) is 0 Å². The molecule has 1 N–H and O–H groups in total. The van der Waals surface area contributed by atoms with Crippen LogP contribution in [-0.4, -0.2) is 16.1 Å². The van der Waals surface area contributed by atoms with Crippen molar-refractivity contribution in [2.24, 2.45) is 11.8 Å². The van der Waals surface area contributed by atoms with Gasteiger partial charge in [-0.15, -0.1) is 0 Å². The third-order valence-corrected chi connectivity index (χ3v) is 4.51. The van der Waals surface area contributed by atoms with E-state index < -0.39 is 0 Å². The average Bonchev–Trinajstić information content (AvgIpc) is 3.09. The van der Waals surface area contributed by atoms with Gasteiger partial charge in [-0.05, 0) is 48.9 Å². The Kier molecular flexibility index (Phi) is 4.59. The number of pyridine rings is 1. The third-order valence-electron chi connectivity index (χ3n) is 4.51. The molecule has 0 bridgehead atoms. The van der Waals surface area contributed by atoms with Gasteiger partial charge in [-0.25, -0.2) is 4.98 Å². The van der Waals surface area contributed by atoms with Gasteiger partial charge in [-0.1, -0.05) is 26.7 Å². The van der Waals surface area contributed by atoms with E-state index in [0.29, 0.717) is 5.92 Å². The molecule has 0 unspecified atom stereocenters. The van der Waals surface area contributed by atoms with Crippen molar-refractivity contribution in [3.05, 3.63) is 30.1 Å². The molecule has 21 heavy (non-hydrogen) atoms. The average molecular weight is 285 g/mol. The van der Waals surface area contributed by atoms with Crippen LogP contribution in [0.2, 0.25) is 0 Å². The Morgan fingerprint density at radius 1 is 1.33 bits per heavy atom. The molecule has 0 radical (unpaired) electrons. The summed E-state index contributed by atoms with van der Waals surface area (Å²) < 4.78 is 2.39. The lowest BCUT2D eigenvalue weighted by atomic mass is 10.1. The van der Waals surface area contributed by atoms with Gasteiger partial charge in [-0.2, -0.15) is 0 Å². The zero-order valence-electron chi connectivity index (χ0n) is 13.3. The van der Waals surface area contributed by atoms with Crippen molar-refractivity contribution < 1.29 is 0 Å². The Morgan fingerprint density at radius 3 is 2.90 bits per heavy atom. The van der Waals surface area contributed by atoms with Crippen LogP contribution in [0.1, 0.15) is 45.1 Å². The molecule has 3 heteroatoms.